The number of nitrogens with two attached hydrogens (primary N) is 1. The Morgan fingerprint density at radius 1 is 1.00 bits per heavy atom. The van der Waals surface area contributed by atoms with E-state index in [1.807, 2.05) is 19.1 Å². The minimum atomic E-state index is -0.362. The first kappa shape index (κ1) is 23.6. The highest BCUT2D eigenvalue weighted by Gasteiger charge is 2.15. The Hall–Kier alpha value is -4.05. The maximum Gasteiger partial charge on any atom is 0.260 e. The molecule has 33 heavy (non-hydrogen) atoms. The minimum absolute atomic E-state index is 0.122. The van der Waals surface area contributed by atoms with Gasteiger partial charge in [-0.2, -0.15) is 4.98 Å². The number of nitrogens with zero attached hydrogens (tertiary/aromatic N) is 3. The van der Waals surface area contributed by atoms with Crippen LogP contribution in [-0.4, -0.2) is 46.4 Å². The number of amides is 2. The molecule has 0 radical (unpaired) electrons. The fourth-order valence-electron chi connectivity index (χ4n) is 2.96. The van der Waals surface area contributed by atoms with Gasteiger partial charge in [0.15, 0.2) is 0 Å². The molecule has 2 aromatic heterocycles. The van der Waals surface area contributed by atoms with Gasteiger partial charge in [-0.3, -0.25) is 14.6 Å². The lowest BCUT2D eigenvalue weighted by atomic mass is 10.2. The van der Waals surface area contributed by atoms with Crippen molar-refractivity contribution in [3.05, 3.63) is 66.1 Å². The molecule has 1 aromatic carbocycles. The highest BCUT2D eigenvalue weighted by molar-refractivity contribution is 6.07. The van der Waals surface area contributed by atoms with Crippen molar-refractivity contribution < 1.29 is 9.59 Å². The third kappa shape index (κ3) is 7.25. The topological polar surface area (TPSA) is 147 Å². The van der Waals surface area contributed by atoms with Gasteiger partial charge in [-0.15, -0.1) is 0 Å². The van der Waals surface area contributed by atoms with E-state index in [0.717, 1.165) is 18.4 Å². The number of pyridine rings is 1. The van der Waals surface area contributed by atoms with Gasteiger partial charge in [0.25, 0.3) is 5.91 Å². The fourth-order valence-corrected chi connectivity index (χ4v) is 2.96. The smallest absolute Gasteiger partial charge is 0.260 e. The standard InChI is InChI=1S/C23H28N8O2/c1-2-9-26-21-19(15-28-23(31-21)27-12-8-16-6-10-25-11-7-16)22(33)30-18-5-3-4-17(13-18)29-20(32)14-24/h3-7,10-11,13,15H,2,8-9,12,14,24H2,1H3,(H,29,32)(H,30,33)(H2,26,27,28,31). The van der Waals surface area contributed by atoms with Crippen LogP contribution in [0.15, 0.2) is 55.0 Å². The normalized spacial score (nSPS) is 10.4. The molecule has 2 heterocycles. The van der Waals surface area contributed by atoms with Crippen molar-refractivity contribution in [2.24, 2.45) is 5.73 Å². The molecule has 10 heteroatoms. The molecule has 0 unspecified atom stereocenters. The van der Waals surface area contributed by atoms with Gasteiger partial charge < -0.3 is 27.0 Å². The third-order valence-electron chi connectivity index (χ3n) is 4.61. The zero-order valence-corrected chi connectivity index (χ0v) is 18.5. The molecule has 6 N–H and O–H groups in total. The number of hydrogen-bond acceptors (Lipinski definition) is 8. The van der Waals surface area contributed by atoms with Crippen molar-refractivity contribution in [3.8, 4) is 0 Å². The van der Waals surface area contributed by atoms with Crippen LogP contribution < -0.4 is 27.0 Å². The number of aromatic nitrogens is 3. The molecule has 0 bridgehead atoms. The molecule has 0 atom stereocenters. The van der Waals surface area contributed by atoms with Gasteiger partial charge in [-0.1, -0.05) is 13.0 Å². The van der Waals surface area contributed by atoms with Crippen molar-refractivity contribution in [1.29, 1.82) is 0 Å². The van der Waals surface area contributed by atoms with Gasteiger partial charge in [-0.25, -0.2) is 4.98 Å². The van der Waals surface area contributed by atoms with Crippen LogP contribution in [0.25, 0.3) is 0 Å². The van der Waals surface area contributed by atoms with Crippen LogP contribution >= 0.6 is 0 Å². The number of nitrogens with one attached hydrogen (secondary N) is 4. The summed E-state index contributed by atoms with van der Waals surface area (Å²) in [7, 11) is 0. The Balaban J connectivity index is 1.69. The molecule has 172 valence electrons. The zero-order chi connectivity index (χ0) is 23.5. The highest BCUT2D eigenvalue weighted by atomic mass is 16.2. The van der Waals surface area contributed by atoms with Gasteiger partial charge >= 0.3 is 0 Å². The molecule has 0 spiro atoms. The van der Waals surface area contributed by atoms with E-state index in [2.05, 4.69) is 36.2 Å². The van der Waals surface area contributed by atoms with Gasteiger partial charge in [0.1, 0.15) is 11.4 Å². The van der Waals surface area contributed by atoms with Gasteiger partial charge in [0.05, 0.1) is 6.54 Å². The third-order valence-corrected chi connectivity index (χ3v) is 4.61. The monoisotopic (exact) mass is 448 g/mol. The predicted octanol–water partition coefficient (Wildman–Crippen LogP) is 2.50. The maximum absolute atomic E-state index is 12.9. The zero-order valence-electron chi connectivity index (χ0n) is 18.5. The molecular weight excluding hydrogens is 420 g/mol. The molecule has 10 nitrogen and oxygen atoms in total. The molecule has 0 aliphatic rings. The molecule has 3 rings (SSSR count). The van der Waals surface area contributed by atoms with Crippen LogP contribution in [0.4, 0.5) is 23.1 Å². The summed E-state index contributed by atoms with van der Waals surface area (Å²) in [4.78, 5) is 37.3. The van der Waals surface area contributed by atoms with Crippen molar-refractivity contribution in [3.63, 3.8) is 0 Å². The summed E-state index contributed by atoms with van der Waals surface area (Å²) in [5, 5.41) is 11.9. The van der Waals surface area contributed by atoms with Crippen molar-refractivity contribution in [2.75, 3.05) is 40.9 Å². The number of rotatable bonds is 11. The van der Waals surface area contributed by atoms with Crippen LogP contribution in [0.1, 0.15) is 29.3 Å². The van der Waals surface area contributed by atoms with Crippen LogP contribution in [-0.2, 0) is 11.2 Å². The minimum Gasteiger partial charge on any atom is -0.369 e. The Morgan fingerprint density at radius 3 is 2.48 bits per heavy atom. The average Bonchev–Trinajstić information content (AvgIpc) is 2.83. The fraction of sp³-hybridized carbons (Fsp3) is 0.261. The van der Waals surface area contributed by atoms with Gasteiger partial charge in [-0.05, 0) is 48.7 Å². The Kier molecular flexibility index (Phi) is 8.66. The molecular formula is C23H28N8O2. The van der Waals surface area contributed by atoms with E-state index in [4.69, 9.17) is 5.73 Å². The lowest BCUT2D eigenvalue weighted by molar-refractivity contribution is -0.114. The number of carbonyl (C=O) groups is 2. The summed E-state index contributed by atoms with van der Waals surface area (Å²) in [5.41, 5.74) is 7.87. The van der Waals surface area contributed by atoms with E-state index in [1.54, 1.807) is 36.7 Å². The van der Waals surface area contributed by atoms with E-state index in [0.29, 0.717) is 41.8 Å². The summed E-state index contributed by atoms with van der Waals surface area (Å²) < 4.78 is 0. The first-order valence-electron chi connectivity index (χ1n) is 10.7. The van der Waals surface area contributed by atoms with Crippen LogP contribution in [0.2, 0.25) is 0 Å². The second kappa shape index (κ2) is 12.1. The second-order valence-electron chi connectivity index (χ2n) is 7.20. The lowest BCUT2D eigenvalue weighted by Crippen LogP contribution is -2.22. The number of anilines is 4. The van der Waals surface area contributed by atoms with Crippen molar-refractivity contribution >= 4 is 35.0 Å². The maximum atomic E-state index is 12.9. The molecule has 0 fully saturated rings. The van der Waals surface area contributed by atoms with Crippen LogP contribution in [0.3, 0.4) is 0 Å². The van der Waals surface area contributed by atoms with E-state index in [1.165, 1.54) is 6.20 Å². The second-order valence-corrected chi connectivity index (χ2v) is 7.20. The Morgan fingerprint density at radius 2 is 1.76 bits per heavy atom. The predicted molar refractivity (Wildman–Crippen MR) is 129 cm³/mol. The average molecular weight is 449 g/mol. The first-order valence-corrected chi connectivity index (χ1v) is 10.7. The van der Waals surface area contributed by atoms with Gasteiger partial charge in [0.2, 0.25) is 11.9 Å². The molecule has 3 aromatic rings. The van der Waals surface area contributed by atoms with E-state index in [-0.39, 0.29) is 18.4 Å². The molecule has 0 aliphatic carbocycles. The first-order chi connectivity index (χ1) is 16.1. The Labute approximate surface area is 192 Å². The summed E-state index contributed by atoms with van der Waals surface area (Å²) in [5.74, 6) is 0.207. The quantitative estimate of drug-likeness (QED) is 0.301. The molecule has 2 amide bonds. The summed E-state index contributed by atoms with van der Waals surface area (Å²) in [6.45, 7) is 3.21. The highest BCUT2D eigenvalue weighted by Crippen LogP contribution is 2.19. The summed E-state index contributed by atoms with van der Waals surface area (Å²) in [6, 6.07) is 10.7. The van der Waals surface area contributed by atoms with Crippen molar-refractivity contribution in [2.45, 2.75) is 19.8 Å². The number of benzene rings is 1. The van der Waals surface area contributed by atoms with E-state index >= 15 is 0 Å². The SMILES string of the molecule is CCCNc1nc(NCCc2ccncc2)ncc1C(=O)Nc1cccc(NC(=O)CN)c1. The van der Waals surface area contributed by atoms with Crippen molar-refractivity contribution in [1.82, 2.24) is 15.0 Å². The molecule has 0 saturated carbocycles. The van der Waals surface area contributed by atoms with Crippen LogP contribution in [0, 0.1) is 0 Å². The lowest BCUT2D eigenvalue weighted by Gasteiger charge is -2.13. The van der Waals surface area contributed by atoms with Gasteiger partial charge in [0, 0.05) is 43.1 Å². The summed E-state index contributed by atoms with van der Waals surface area (Å²) >= 11 is 0. The molecule has 0 saturated heterocycles. The van der Waals surface area contributed by atoms with E-state index < -0.39 is 0 Å². The molecule has 0 aliphatic heterocycles. The summed E-state index contributed by atoms with van der Waals surface area (Å²) in [6.07, 6.45) is 6.68. The van der Waals surface area contributed by atoms with E-state index in [9.17, 15) is 9.59 Å². The number of hydrogen-bond donors (Lipinski definition) is 5. The largest absolute Gasteiger partial charge is 0.369 e. The number of carbonyl (C=O) groups excluding carboxylic acids is 2. The Bertz CT molecular complexity index is 1080. The van der Waals surface area contributed by atoms with Crippen LogP contribution in [0.5, 0.6) is 0 Å².